The van der Waals surface area contributed by atoms with Gasteiger partial charge in [0.25, 0.3) is 0 Å². The van der Waals surface area contributed by atoms with Crippen molar-refractivity contribution in [2.75, 3.05) is 19.6 Å². The van der Waals surface area contributed by atoms with Gasteiger partial charge in [-0.1, -0.05) is 46.0 Å². The third-order valence-corrected chi connectivity index (χ3v) is 5.22. The first-order chi connectivity index (χ1) is 9.70. The van der Waals surface area contributed by atoms with Crippen molar-refractivity contribution < 1.29 is 4.79 Å². The van der Waals surface area contributed by atoms with Gasteiger partial charge in [0.2, 0.25) is 5.91 Å². The number of nitrogens with one attached hydrogen (secondary N) is 1. The third-order valence-electron chi connectivity index (χ3n) is 5.22. The van der Waals surface area contributed by atoms with Crippen LogP contribution in [0.1, 0.15) is 65.2 Å². The summed E-state index contributed by atoms with van der Waals surface area (Å²) in [5.74, 6) is 1.81. The van der Waals surface area contributed by atoms with Gasteiger partial charge in [-0.3, -0.25) is 4.79 Å². The molecule has 1 aliphatic heterocycles. The van der Waals surface area contributed by atoms with Crippen molar-refractivity contribution >= 4 is 5.91 Å². The molecular weight excluding hydrogens is 248 g/mol. The fourth-order valence-corrected chi connectivity index (χ4v) is 3.90. The molecule has 20 heavy (non-hydrogen) atoms. The molecule has 2 unspecified atom stereocenters. The predicted octanol–water partition coefficient (Wildman–Crippen LogP) is 3.19. The Morgan fingerprint density at radius 3 is 2.60 bits per heavy atom. The van der Waals surface area contributed by atoms with Gasteiger partial charge in [-0.15, -0.1) is 0 Å². The van der Waals surface area contributed by atoms with Crippen molar-refractivity contribution in [3.8, 4) is 0 Å². The number of hydrogen-bond donors (Lipinski definition) is 1. The zero-order chi connectivity index (χ0) is 14.4. The summed E-state index contributed by atoms with van der Waals surface area (Å²) in [4.78, 5) is 14.5. The molecule has 116 valence electrons. The van der Waals surface area contributed by atoms with Crippen LogP contribution < -0.4 is 5.32 Å². The van der Waals surface area contributed by atoms with E-state index in [1.807, 2.05) is 0 Å². The standard InChI is InChI=1S/C17H32N2O/c1-3-18-16-11-12-19(13-14(16)2)17(20)10-9-15-7-5-4-6-8-15/h14-16,18H,3-13H2,1-2H3. The molecule has 0 bridgehead atoms. The summed E-state index contributed by atoms with van der Waals surface area (Å²) >= 11 is 0. The molecule has 1 saturated heterocycles. The van der Waals surface area contributed by atoms with Gasteiger partial charge in [0.15, 0.2) is 0 Å². The van der Waals surface area contributed by atoms with E-state index in [1.165, 1.54) is 32.1 Å². The molecule has 2 rings (SSSR count). The van der Waals surface area contributed by atoms with Crippen molar-refractivity contribution in [3.05, 3.63) is 0 Å². The Hall–Kier alpha value is -0.570. The molecule has 0 spiro atoms. The van der Waals surface area contributed by atoms with Crippen molar-refractivity contribution in [1.29, 1.82) is 0 Å². The number of carbonyl (C=O) groups is 1. The first kappa shape index (κ1) is 15.8. The van der Waals surface area contributed by atoms with Crippen LogP contribution in [0.2, 0.25) is 0 Å². The maximum atomic E-state index is 12.4. The lowest BCUT2D eigenvalue weighted by Gasteiger charge is -2.37. The summed E-state index contributed by atoms with van der Waals surface area (Å²) in [6.07, 6.45) is 9.89. The fraction of sp³-hybridized carbons (Fsp3) is 0.941. The number of piperidine rings is 1. The second-order valence-electron chi connectivity index (χ2n) is 6.81. The Morgan fingerprint density at radius 1 is 1.20 bits per heavy atom. The molecule has 1 N–H and O–H groups in total. The normalized spacial score (nSPS) is 28.6. The molecular formula is C17H32N2O. The summed E-state index contributed by atoms with van der Waals surface area (Å²) < 4.78 is 0. The fourth-order valence-electron chi connectivity index (χ4n) is 3.90. The average Bonchev–Trinajstić information content (AvgIpc) is 2.48. The van der Waals surface area contributed by atoms with E-state index in [4.69, 9.17) is 0 Å². The Kier molecular flexibility index (Phi) is 6.34. The highest BCUT2D eigenvalue weighted by Crippen LogP contribution is 2.28. The van der Waals surface area contributed by atoms with Crippen LogP contribution in [0, 0.1) is 11.8 Å². The first-order valence-corrected chi connectivity index (χ1v) is 8.72. The third kappa shape index (κ3) is 4.47. The molecule has 1 aliphatic carbocycles. The molecule has 1 heterocycles. The molecule has 2 aliphatic rings. The van der Waals surface area contributed by atoms with Gasteiger partial charge >= 0.3 is 0 Å². The molecule has 2 atom stereocenters. The minimum absolute atomic E-state index is 0.400. The van der Waals surface area contributed by atoms with Crippen molar-refractivity contribution in [3.63, 3.8) is 0 Å². The first-order valence-electron chi connectivity index (χ1n) is 8.72. The topological polar surface area (TPSA) is 32.3 Å². The van der Waals surface area contributed by atoms with E-state index in [-0.39, 0.29) is 0 Å². The highest BCUT2D eigenvalue weighted by molar-refractivity contribution is 5.76. The van der Waals surface area contributed by atoms with Gasteiger partial charge in [-0.25, -0.2) is 0 Å². The predicted molar refractivity (Wildman–Crippen MR) is 83.6 cm³/mol. The van der Waals surface area contributed by atoms with E-state index >= 15 is 0 Å². The van der Waals surface area contributed by atoms with E-state index in [0.29, 0.717) is 17.9 Å². The molecule has 0 aromatic rings. The van der Waals surface area contributed by atoms with E-state index < -0.39 is 0 Å². The van der Waals surface area contributed by atoms with E-state index in [2.05, 4.69) is 24.1 Å². The van der Waals surface area contributed by atoms with Crippen LogP contribution in [0.15, 0.2) is 0 Å². The van der Waals surface area contributed by atoms with Crippen LogP contribution in [0.5, 0.6) is 0 Å². The van der Waals surface area contributed by atoms with Crippen LogP contribution in [-0.4, -0.2) is 36.5 Å². The maximum Gasteiger partial charge on any atom is 0.222 e. The Balaban J connectivity index is 1.70. The van der Waals surface area contributed by atoms with Gasteiger partial charge in [0.05, 0.1) is 0 Å². The van der Waals surface area contributed by atoms with Gasteiger partial charge < -0.3 is 10.2 Å². The van der Waals surface area contributed by atoms with E-state index in [0.717, 1.165) is 44.8 Å². The number of amides is 1. The van der Waals surface area contributed by atoms with Crippen LogP contribution in [0.4, 0.5) is 0 Å². The molecule has 0 aromatic carbocycles. The SMILES string of the molecule is CCNC1CCN(C(=O)CCC2CCCCC2)CC1C. The Labute approximate surface area is 124 Å². The highest BCUT2D eigenvalue weighted by atomic mass is 16.2. The molecule has 0 aromatic heterocycles. The van der Waals surface area contributed by atoms with Gasteiger partial charge in [-0.2, -0.15) is 0 Å². The molecule has 0 radical (unpaired) electrons. The Morgan fingerprint density at radius 2 is 1.95 bits per heavy atom. The lowest BCUT2D eigenvalue weighted by molar-refractivity contribution is -0.133. The summed E-state index contributed by atoms with van der Waals surface area (Å²) in [5.41, 5.74) is 0. The number of rotatable bonds is 5. The summed E-state index contributed by atoms with van der Waals surface area (Å²) in [6.45, 7) is 7.36. The van der Waals surface area contributed by atoms with Gasteiger partial charge in [0.1, 0.15) is 0 Å². The Bertz CT molecular complexity index is 299. The zero-order valence-electron chi connectivity index (χ0n) is 13.4. The van der Waals surface area contributed by atoms with Crippen molar-refractivity contribution in [1.82, 2.24) is 10.2 Å². The van der Waals surface area contributed by atoms with Gasteiger partial charge in [0, 0.05) is 25.6 Å². The molecule has 1 saturated carbocycles. The van der Waals surface area contributed by atoms with Crippen molar-refractivity contribution in [2.24, 2.45) is 11.8 Å². The lowest BCUT2D eigenvalue weighted by Crippen LogP contribution is -2.50. The maximum absolute atomic E-state index is 12.4. The van der Waals surface area contributed by atoms with E-state index in [1.54, 1.807) is 0 Å². The average molecular weight is 280 g/mol. The zero-order valence-corrected chi connectivity index (χ0v) is 13.4. The summed E-state index contributed by atoms with van der Waals surface area (Å²) in [5, 5.41) is 3.54. The molecule has 3 nitrogen and oxygen atoms in total. The second kappa shape index (κ2) is 8.02. The van der Waals surface area contributed by atoms with E-state index in [9.17, 15) is 4.79 Å². The molecule has 3 heteroatoms. The largest absolute Gasteiger partial charge is 0.342 e. The minimum Gasteiger partial charge on any atom is -0.342 e. The van der Waals surface area contributed by atoms with Crippen LogP contribution in [-0.2, 0) is 4.79 Å². The van der Waals surface area contributed by atoms with Gasteiger partial charge in [-0.05, 0) is 31.2 Å². The lowest BCUT2D eigenvalue weighted by atomic mass is 9.86. The summed E-state index contributed by atoms with van der Waals surface area (Å²) in [7, 11) is 0. The van der Waals surface area contributed by atoms with Crippen molar-refractivity contribution in [2.45, 2.75) is 71.3 Å². The monoisotopic (exact) mass is 280 g/mol. The highest BCUT2D eigenvalue weighted by Gasteiger charge is 2.28. The number of carbonyl (C=O) groups excluding carboxylic acids is 1. The smallest absolute Gasteiger partial charge is 0.222 e. The summed E-state index contributed by atoms with van der Waals surface area (Å²) in [6, 6.07) is 0.599. The number of likely N-dealkylation sites (tertiary alicyclic amines) is 1. The molecule has 1 amide bonds. The number of hydrogen-bond acceptors (Lipinski definition) is 2. The quantitative estimate of drug-likeness (QED) is 0.839. The molecule has 2 fully saturated rings. The van der Waals surface area contributed by atoms with Crippen LogP contribution in [0.25, 0.3) is 0 Å². The minimum atomic E-state index is 0.400. The second-order valence-corrected chi connectivity index (χ2v) is 6.81. The van der Waals surface area contributed by atoms with Crippen LogP contribution in [0.3, 0.4) is 0 Å². The number of nitrogens with zero attached hydrogens (tertiary/aromatic N) is 1. The van der Waals surface area contributed by atoms with Crippen LogP contribution >= 0.6 is 0 Å².